The van der Waals surface area contributed by atoms with Crippen LogP contribution >= 0.6 is 34.8 Å². The van der Waals surface area contributed by atoms with Crippen LogP contribution in [-0.2, 0) is 4.79 Å². The van der Waals surface area contributed by atoms with Crippen molar-refractivity contribution in [3.63, 3.8) is 0 Å². The number of carbonyl (C=O) groups is 1. The Kier molecular flexibility index (Phi) is 4.52. The average Bonchev–Trinajstić information content (AvgIpc) is 2.16. The van der Waals surface area contributed by atoms with Gasteiger partial charge in [-0.3, -0.25) is 4.79 Å². The van der Waals surface area contributed by atoms with Crippen LogP contribution in [0.15, 0.2) is 23.3 Å². The lowest BCUT2D eigenvalue weighted by Crippen LogP contribution is -2.45. The zero-order chi connectivity index (χ0) is 16.1. The minimum atomic E-state index is -1.94. The summed E-state index contributed by atoms with van der Waals surface area (Å²) < 4.78 is -1.94. The lowest BCUT2D eigenvalue weighted by molar-refractivity contribution is -0.114. The molecule has 0 aromatic heterocycles. The van der Waals surface area contributed by atoms with E-state index in [1.807, 2.05) is 41.5 Å². The average molecular weight is 340 g/mol. The summed E-state index contributed by atoms with van der Waals surface area (Å²) in [6.07, 6.45) is 2.75. The van der Waals surface area contributed by atoms with E-state index in [0.717, 1.165) is 0 Å². The Bertz CT molecular complexity index is 449. The molecule has 0 aromatic carbocycles. The summed E-state index contributed by atoms with van der Waals surface area (Å²) >= 11 is 17.7. The third kappa shape index (κ3) is 3.41. The number of carbonyl (C=O) groups excluding carboxylic acids is 1. The predicted molar refractivity (Wildman–Crippen MR) is 85.3 cm³/mol. The molecule has 0 radical (unpaired) electrons. The molecule has 2 nitrogen and oxygen atoms in total. The van der Waals surface area contributed by atoms with Crippen molar-refractivity contribution < 1.29 is 9.90 Å². The summed E-state index contributed by atoms with van der Waals surface area (Å²) in [7, 11) is 0. The topological polar surface area (TPSA) is 37.3 Å². The maximum atomic E-state index is 12.7. The summed E-state index contributed by atoms with van der Waals surface area (Å²) in [5.74, 6) is -0.107. The Morgan fingerprint density at radius 3 is 1.40 bits per heavy atom. The number of ketones is 1. The van der Waals surface area contributed by atoms with Crippen LogP contribution in [0.5, 0.6) is 0 Å². The second-order valence-electron chi connectivity index (χ2n) is 7.27. The molecule has 0 amide bonds. The summed E-state index contributed by atoms with van der Waals surface area (Å²) in [5.41, 5.74) is -1.79. The van der Waals surface area contributed by atoms with Crippen molar-refractivity contribution in [2.75, 3.05) is 0 Å². The van der Waals surface area contributed by atoms with Crippen molar-refractivity contribution in [2.45, 2.75) is 50.9 Å². The molecule has 1 rings (SSSR count). The number of rotatable bonds is 0. The first-order valence-electron chi connectivity index (χ1n) is 6.40. The van der Waals surface area contributed by atoms with Crippen molar-refractivity contribution in [1.29, 1.82) is 0 Å². The molecule has 1 N–H and O–H groups in total. The summed E-state index contributed by atoms with van der Waals surface area (Å²) in [6.45, 7) is 11.3. The molecule has 0 heterocycles. The lowest BCUT2D eigenvalue weighted by Gasteiger charge is -2.39. The third-order valence-corrected chi connectivity index (χ3v) is 4.20. The van der Waals surface area contributed by atoms with Gasteiger partial charge < -0.3 is 5.11 Å². The molecular formula is C15H21Cl3O2. The molecule has 0 spiro atoms. The maximum absolute atomic E-state index is 12.7. The molecule has 1 aliphatic carbocycles. The Balaban J connectivity index is 3.58. The quantitative estimate of drug-likeness (QED) is 0.654. The standard InChI is InChI=1S/C15H21Cl3O2/c1-12(2,3)9-7-14(20,15(16,17)18)8-10(11(9)19)13(4,5)6/h7-8,20H,1-6H3. The highest BCUT2D eigenvalue weighted by molar-refractivity contribution is 6.68. The molecule has 0 bridgehead atoms. The van der Waals surface area contributed by atoms with Gasteiger partial charge in [0.15, 0.2) is 5.78 Å². The SMILES string of the molecule is CC(C)(C)C1=CC(O)(C(Cl)(Cl)Cl)C=C(C(C)(C)C)C1=O. The third-order valence-electron chi connectivity index (χ3n) is 3.29. The number of aliphatic hydroxyl groups is 1. The molecule has 114 valence electrons. The van der Waals surface area contributed by atoms with E-state index in [-0.39, 0.29) is 5.78 Å². The van der Waals surface area contributed by atoms with Crippen LogP contribution in [0.3, 0.4) is 0 Å². The van der Waals surface area contributed by atoms with E-state index in [1.54, 1.807) is 0 Å². The van der Waals surface area contributed by atoms with Gasteiger partial charge in [0.1, 0.15) is 5.60 Å². The van der Waals surface area contributed by atoms with Crippen molar-refractivity contribution in [2.24, 2.45) is 10.8 Å². The van der Waals surface area contributed by atoms with Crippen LogP contribution in [-0.4, -0.2) is 20.3 Å². The van der Waals surface area contributed by atoms with E-state index in [4.69, 9.17) is 34.8 Å². The van der Waals surface area contributed by atoms with Gasteiger partial charge in [0.2, 0.25) is 3.79 Å². The molecule has 0 unspecified atom stereocenters. The van der Waals surface area contributed by atoms with Crippen molar-refractivity contribution in [3.8, 4) is 0 Å². The second-order valence-corrected chi connectivity index (χ2v) is 9.55. The Morgan fingerprint density at radius 1 is 0.900 bits per heavy atom. The van der Waals surface area contributed by atoms with Gasteiger partial charge in [-0.2, -0.15) is 0 Å². The van der Waals surface area contributed by atoms with Crippen molar-refractivity contribution in [1.82, 2.24) is 0 Å². The van der Waals surface area contributed by atoms with Gasteiger partial charge in [-0.1, -0.05) is 76.3 Å². The molecule has 1 aliphatic rings. The highest BCUT2D eigenvalue weighted by Gasteiger charge is 2.49. The fourth-order valence-corrected chi connectivity index (χ4v) is 2.36. The predicted octanol–water partition coefficient (Wildman–Crippen LogP) is 4.62. The highest BCUT2D eigenvalue weighted by Crippen LogP contribution is 2.48. The number of halogens is 3. The fourth-order valence-electron chi connectivity index (χ4n) is 2.04. The summed E-state index contributed by atoms with van der Waals surface area (Å²) in [5, 5.41) is 10.7. The minimum absolute atomic E-state index is 0.107. The van der Waals surface area contributed by atoms with E-state index < -0.39 is 20.2 Å². The Hall–Kier alpha value is -0.0200. The number of hydrogen-bond donors (Lipinski definition) is 1. The summed E-state index contributed by atoms with van der Waals surface area (Å²) in [4.78, 5) is 12.7. The van der Waals surface area contributed by atoms with Gasteiger partial charge >= 0.3 is 0 Å². The van der Waals surface area contributed by atoms with Crippen LogP contribution in [0, 0.1) is 10.8 Å². The summed E-state index contributed by atoms with van der Waals surface area (Å²) in [6, 6.07) is 0. The minimum Gasteiger partial charge on any atom is -0.377 e. The van der Waals surface area contributed by atoms with Gasteiger partial charge in [-0.05, 0) is 23.0 Å². The number of Topliss-reactive ketones (excluding diaryl/α,β-unsaturated/α-hetero) is 1. The first-order valence-corrected chi connectivity index (χ1v) is 7.53. The lowest BCUT2D eigenvalue weighted by atomic mass is 9.70. The van der Waals surface area contributed by atoms with Crippen molar-refractivity contribution >= 4 is 40.6 Å². The van der Waals surface area contributed by atoms with Crippen LogP contribution in [0.4, 0.5) is 0 Å². The van der Waals surface area contributed by atoms with Gasteiger partial charge in [0.05, 0.1) is 0 Å². The normalized spacial score (nSPS) is 20.6. The first kappa shape index (κ1) is 18.0. The highest BCUT2D eigenvalue weighted by atomic mass is 35.6. The molecule has 0 aliphatic heterocycles. The molecule has 0 aromatic rings. The first-order chi connectivity index (χ1) is 8.59. The molecule has 20 heavy (non-hydrogen) atoms. The van der Waals surface area contributed by atoms with E-state index in [9.17, 15) is 9.90 Å². The number of allylic oxidation sites excluding steroid dienone is 2. The zero-order valence-electron chi connectivity index (χ0n) is 12.6. The second kappa shape index (κ2) is 5.01. The van der Waals surface area contributed by atoms with Gasteiger partial charge in [0.25, 0.3) is 0 Å². The van der Waals surface area contributed by atoms with E-state index in [2.05, 4.69) is 0 Å². The monoisotopic (exact) mass is 338 g/mol. The van der Waals surface area contributed by atoms with Crippen LogP contribution in [0.2, 0.25) is 0 Å². The van der Waals surface area contributed by atoms with Gasteiger partial charge in [-0.15, -0.1) is 0 Å². The van der Waals surface area contributed by atoms with E-state index >= 15 is 0 Å². The largest absolute Gasteiger partial charge is 0.377 e. The van der Waals surface area contributed by atoms with Gasteiger partial charge in [-0.25, -0.2) is 0 Å². The van der Waals surface area contributed by atoms with Gasteiger partial charge in [0, 0.05) is 11.1 Å². The van der Waals surface area contributed by atoms with Crippen LogP contribution < -0.4 is 0 Å². The van der Waals surface area contributed by atoms with Crippen molar-refractivity contribution in [3.05, 3.63) is 23.3 Å². The molecule has 5 heteroatoms. The Morgan fingerprint density at radius 2 is 1.20 bits per heavy atom. The fraction of sp³-hybridized carbons (Fsp3) is 0.667. The zero-order valence-corrected chi connectivity index (χ0v) is 14.9. The van der Waals surface area contributed by atoms with E-state index in [1.165, 1.54) is 12.2 Å². The molecule has 0 saturated carbocycles. The molecule has 0 atom stereocenters. The Labute approximate surface area is 135 Å². The molecule has 0 saturated heterocycles. The molecule has 0 fully saturated rings. The smallest absolute Gasteiger partial charge is 0.225 e. The van der Waals surface area contributed by atoms with Crippen LogP contribution in [0.1, 0.15) is 41.5 Å². The maximum Gasteiger partial charge on any atom is 0.225 e. The number of hydrogen-bond acceptors (Lipinski definition) is 2. The van der Waals surface area contributed by atoms with Crippen LogP contribution in [0.25, 0.3) is 0 Å². The van der Waals surface area contributed by atoms with E-state index in [0.29, 0.717) is 11.1 Å². The molecular weight excluding hydrogens is 319 g/mol. The number of alkyl halides is 3.